The normalized spacial score (nSPS) is 20.5. The average Bonchev–Trinajstić information content (AvgIpc) is 2.57. The summed E-state index contributed by atoms with van der Waals surface area (Å²) in [4.78, 5) is 2.41. The zero-order valence-electron chi connectivity index (χ0n) is 12.9. The quantitative estimate of drug-likeness (QED) is 0.866. The van der Waals surface area contributed by atoms with Gasteiger partial charge in [-0.2, -0.15) is 4.31 Å². The van der Waals surface area contributed by atoms with Crippen LogP contribution in [0.4, 0.5) is 4.39 Å². The van der Waals surface area contributed by atoms with Crippen molar-refractivity contribution in [3.63, 3.8) is 0 Å². The zero-order chi connectivity index (χ0) is 16.4. The second-order valence-corrected chi connectivity index (χ2v) is 7.66. The van der Waals surface area contributed by atoms with Gasteiger partial charge in [-0.25, -0.2) is 12.8 Å². The van der Waals surface area contributed by atoms with Crippen LogP contribution in [0.15, 0.2) is 59.5 Å². The second-order valence-electron chi connectivity index (χ2n) is 5.72. The van der Waals surface area contributed by atoms with Gasteiger partial charge in [-0.1, -0.05) is 30.3 Å². The molecule has 1 aliphatic heterocycles. The number of piperazine rings is 1. The maximum atomic E-state index is 13.1. The van der Waals surface area contributed by atoms with Gasteiger partial charge in [0.2, 0.25) is 10.0 Å². The Morgan fingerprint density at radius 2 is 1.65 bits per heavy atom. The largest absolute Gasteiger partial charge is 0.297 e. The molecule has 0 amide bonds. The second kappa shape index (κ2) is 6.39. The lowest BCUT2D eigenvalue weighted by molar-refractivity contribution is 0.148. The number of benzene rings is 2. The minimum Gasteiger partial charge on any atom is -0.297 e. The van der Waals surface area contributed by atoms with Crippen LogP contribution >= 0.6 is 0 Å². The molecule has 122 valence electrons. The summed E-state index contributed by atoms with van der Waals surface area (Å²) < 4.78 is 40.2. The molecule has 0 radical (unpaired) electrons. The summed E-state index contributed by atoms with van der Waals surface area (Å²) in [6, 6.07) is 14.6. The monoisotopic (exact) mass is 334 g/mol. The molecule has 2 aromatic rings. The van der Waals surface area contributed by atoms with Gasteiger partial charge in [0.15, 0.2) is 0 Å². The van der Waals surface area contributed by atoms with Crippen molar-refractivity contribution in [1.29, 1.82) is 0 Å². The van der Waals surface area contributed by atoms with Crippen LogP contribution in [0.5, 0.6) is 0 Å². The summed E-state index contributed by atoms with van der Waals surface area (Å²) in [5.41, 5.74) is 0.918. The van der Waals surface area contributed by atoms with Crippen LogP contribution in [0, 0.1) is 5.82 Å². The van der Waals surface area contributed by atoms with Crippen molar-refractivity contribution in [2.75, 3.05) is 26.7 Å². The molecule has 0 N–H and O–H groups in total. The topological polar surface area (TPSA) is 40.6 Å². The Balaban J connectivity index is 1.87. The molecule has 0 spiro atoms. The molecular weight excluding hydrogens is 315 g/mol. The lowest BCUT2D eigenvalue weighted by Crippen LogP contribution is -2.48. The van der Waals surface area contributed by atoms with Gasteiger partial charge in [-0.3, -0.25) is 4.90 Å². The van der Waals surface area contributed by atoms with E-state index in [0.717, 1.165) is 5.56 Å². The number of nitrogens with zero attached hydrogens (tertiary/aromatic N) is 2. The van der Waals surface area contributed by atoms with Crippen molar-refractivity contribution in [2.45, 2.75) is 10.9 Å². The number of hydrogen-bond acceptors (Lipinski definition) is 3. The van der Waals surface area contributed by atoms with Crippen LogP contribution in [-0.4, -0.2) is 44.3 Å². The first kappa shape index (κ1) is 16.1. The minimum absolute atomic E-state index is 0.0807. The van der Waals surface area contributed by atoms with Gasteiger partial charge in [0.25, 0.3) is 0 Å². The smallest absolute Gasteiger partial charge is 0.243 e. The van der Waals surface area contributed by atoms with Crippen LogP contribution in [0.2, 0.25) is 0 Å². The van der Waals surface area contributed by atoms with Gasteiger partial charge in [-0.15, -0.1) is 0 Å². The van der Waals surface area contributed by atoms with Gasteiger partial charge in [0.05, 0.1) is 4.90 Å². The van der Waals surface area contributed by atoms with E-state index in [4.69, 9.17) is 0 Å². The van der Waals surface area contributed by atoms with E-state index in [1.165, 1.54) is 16.4 Å². The molecular formula is C17H19FN2O2S. The fourth-order valence-electron chi connectivity index (χ4n) is 2.85. The molecule has 0 unspecified atom stereocenters. The third kappa shape index (κ3) is 3.29. The Hall–Kier alpha value is -1.76. The first-order valence-electron chi connectivity index (χ1n) is 7.49. The van der Waals surface area contributed by atoms with Crippen LogP contribution in [0.1, 0.15) is 11.6 Å². The molecule has 1 atom stereocenters. The molecule has 0 aromatic heterocycles. The van der Waals surface area contributed by atoms with Crippen molar-refractivity contribution in [3.8, 4) is 0 Å². The maximum absolute atomic E-state index is 13.1. The van der Waals surface area contributed by atoms with Crippen molar-refractivity contribution < 1.29 is 12.8 Å². The number of rotatable bonds is 3. The molecule has 1 heterocycles. The molecule has 0 bridgehead atoms. The van der Waals surface area contributed by atoms with Crippen LogP contribution in [-0.2, 0) is 10.0 Å². The molecule has 1 fully saturated rings. The molecule has 2 aromatic carbocycles. The standard InChI is InChI=1S/C17H19FN2O2S/c1-19-11-12-20(23(21,22)16-5-3-2-4-6-16)13-17(19)14-7-9-15(18)10-8-14/h2-10,17H,11-13H2,1H3/t17-/m0/s1. The van der Waals surface area contributed by atoms with E-state index in [1.54, 1.807) is 42.5 Å². The third-order valence-electron chi connectivity index (χ3n) is 4.25. The molecule has 4 nitrogen and oxygen atoms in total. The fraction of sp³-hybridized carbons (Fsp3) is 0.294. The number of likely N-dealkylation sites (N-methyl/N-ethyl adjacent to an activating group) is 1. The van der Waals surface area contributed by atoms with Gasteiger partial charge >= 0.3 is 0 Å². The third-order valence-corrected chi connectivity index (χ3v) is 6.13. The Morgan fingerprint density at radius 3 is 2.30 bits per heavy atom. The molecule has 1 aliphatic rings. The summed E-state index contributed by atoms with van der Waals surface area (Å²) in [5, 5.41) is 0. The molecule has 1 saturated heterocycles. The van der Waals surface area contributed by atoms with E-state index in [1.807, 2.05) is 7.05 Å². The first-order valence-corrected chi connectivity index (χ1v) is 8.93. The lowest BCUT2D eigenvalue weighted by Gasteiger charge is -2.39. The molecule has 3 rings (SSSR count). The summed E-state index contributed by atoms with van der Waals surface area (Å²) >= 11 is 0. The fourth-order valence-corrected chi connectivity index (χ4v) is 4.31. The van der Waals surface area contributed by atoms with Crippen molar-refractivity contribution >= 4 is 10.0 Å². The van der Waals surface area contributed by atoms with Crippen LogP contribution in [0.25, 0.3) is 0 Å². The maximum Gasteiger partial charge on any atom is 0.243 e. The predicted octanol–water partition coefficient (Wildman–Crippen LogP) is 2.50. The van der Waals surface area contributed by atoms with E-state index in [-0.39, 0.29) is 11.9 Å². The SMILES string of the molecule is CN1CCN(S(=O)(=O)c2ccccc2)C[C@H]1c1ccc(F)cc1. The Labute approximate surface area is 136 Å². The molecule has 0 saturated carbocycles. The van der Waals surface area contributed by atoms with E-state index >= 15 is 0 Å². The lowest BCUT2D eigenvalue weighted by atomic mass is 10.0. The van der Waals surface area contributed by atoms with E-state index in [0.29, 0.717) is 24.5 Å². The number of sulfonamides is 1. The van der Waals surface area contributed by atoms with Crippen LogP contribution in [0.3, 0.4) is 0 Å². The molecule has 0 aliphatic carbocycles. The van der Waals surface area contributed by atoms with E-state index in [2.05, 4.69) is 4.90 Å². The highest BCUT2D eigenvalue weighted by molar-refractivity contribution is 7.89. The van der Waals surface area contributed by atoms with Crippen molar-refractivity contribution in [1.82, 2.24) is 9.21 Å². The Morgan fingerprint density at radius 1 is 1.00 bits per heavy atom. The highest BCUT2D eigenvalue weighted by Gasteiger charge is 2.33. The number of halogens is 1. The summed E-state index contributed by atoms with van der Waals surface area (Å²) in [5.74, 6) is -0.291. The van der Waals surface area contributed by atoms with E-state index < -0.39 is 10.0 Å². The van der Waals surface area contributed by atoms with Crippen molar-refractivity contribution in [2.24, 2.45) is 0 Å². The predicted molar refractivity (Wildman–Crippen MR) is 87.0 cm³/mol. The summed E-state index contributed by atoms with van der Waals surface area (Å²) in [6.07, 6.45) is 0. The summed E-state index contributed by atoms with van der Waals surface area (Å²) in [7, 11) is -1.54. The summed E-state index contributed by atoms with van der Waals surface area (Å²) in [6.45, 7) is 1.44. The molecule has 6 heteroatoms. The van der Waals surface area contributed by atoms with Gasteiger partial charge in [0.1, 0.15) is 5.82 Å². The van der Waals surface area contributed by atoms with Gasteiger partial charge < -0.3 is 0 Å². The molecule has 23 heavy (non-hydrogen) atoms. The highest BCUT2D eigenvalue weighted by atomic mass is 32.2. The van der Waals surface area contributed by atoms with Crippen molar-refractivity contribution in [3.05, 3.63) is 66.0 Å². The Kier molecular flexibility index (Phi) is 4.48. The van der Waals surface area contributed by atoms with E-state index in [9.17, 15) is 12.8 Å². The average molecular weight is 334 g/mol. The zero-order valence-corrected chi connectivity index (χ0v) is 13.7. The van der Waals surface area contributed by atoms with Crippen LogP contribution < -0.4 is 0 Å². The van der Waals surface area contributed by atoms with Gasteiger partial charge in [-0.05, 0) is 36.9 Å². The first-order chi connectivity index (χ1) is 11.0. The Bertz CT molecular complexity index is 763. The van der Waals surface area contributed by atoms with Gasteiger partial charge in [0, 0.05) is 25.7 Å². The highest BCUT2D eigenvalue weighted by Crippen LogP contribution is 2.27. The minimum atomic E-state index is -3.50. The number of hydrogen-bond donors (Lipinski definition) is 0.